The number of benzene rings is 1. The molecule has 0 aliphatic rings. The molecule has 1 amide bonds. The van der Waals surface area contributed by atoms with Gasteiger partial charge in [-0.15, -0.1) is 0 Å². The molecule has 1 aromatic rings. The highest BCUT2D eigenvalue weighted by atomic mass is 32.2. The number of carbonyl (C=O) groups is 1. The largest absolute Gasteiger partial charge is 0.352 e. The summed E-state index contributed by atoms with van der Waals surface area (Å²) in [6.07, 6.45) is 2.94. The maximum absolute atomic E-state index is 13.7. The fourth-order valence-corrected chi connectivity index (χ4v) is 3.62. The second-order valence-electron chi connectivity index (χ2n) is 5.20. The van der Waals surface area contributed by atoms with Crippen LogP contribution in [0.1, 0.15) is 26.7 Å². The number of hydrogen-bond donors (Lipinski definition) is 2. The Morgan fingerprint density at radius 1 is 1.35 bits per heavy atom. The molecule has 0 radical (unpaired) electrons. The van der Waals surface area contributed by atoms with E-state index in [2.05, 4.69) is 10.0 Å². The van der Waals surface area contributed by atoms with E-state index in [1.54, 1.807) is 0 Å². The van der Waals surface area contributed by atoms with Crippen molar-refractivity contribution in [2.45, 2.75) is 43.7 Å². The zero-order chi connectivity index (χ0) is 17.5. The minimum atomic E-state index is -4.10. The molecule has 0 spiro atoms. The van der Waals surface area contributed by atoms with E-state index in [9.17, 15) is 17.6 Å². The molecule has 130 valence electrons. The Morgan fingerprint density at radius 2 is 2.00 bits per heavy atom. The van der Waals surface area contributed by atoms with E-state index >= 15 is 0 Å². The fourth-order valence-electron chi connectivity index (χ4n) is 1.84. The second kappa shape index (κ2) is 9.24. The summed E-state index contributed by atoms with van der Waals surface area (Å²) in [5.74, 6) is -0.627. The van der Waals surface area contributed by atoms with Crippen molar-refractivity contribution in [1.82, 2.24) is 10.0 Å². The van der Waals surface area contributed by atoms with Gasteiger partial charge in [0, 0.05) is 6.04 Å². The molecular weight excluding hydrogens is 339 g/mol. The van der Waals surface area contributed by atoms with Crippen LogP contribution < -0.4 is 10.0 Å². The third-order valence-electron chi connectivity index (χ3n) is 3.35. The highest BCUT2D eigenvalue weighted by Gasteiger charge is 2.27. The minimum absolute atomic E-state index is 0.0581. The zero-order valence-corrected chi connectivity index (χ0v) is 15.1. The van der Waals surface area contributed by atoms with Gasteiger partial charge in [-0.1, -0.05) is 19.1 Å². The predicted octanol–water partition coefficient (Wildman–Crippen LogP) is 2.14. The number of amides is 1. The Kier molecular flexibility index (Phi) is 8.01. The van der Waals surface area contributed by atoms with E-state index in [1.165, 1.54) is 30.0 Å². The summed E-state index contributed by atoms with van der Waals surface area (Å²) >= 11 is 1.51. The zero-order valence-electron chi connectivity index (χ0n) is 13.5. The fraction of sp³-hybridized carbons (Fsp3) is 0.533. The third-order valence-corrected chi connectivity index (χ3v) is 5.50. The van der Waals surface area contributed by atoms with Gasteiger partial charge in [0.15, 0.2) is 0 Å². The highest BCUT2D eigenvalue weighted by molar-refractivity contribution is 7.98. The molecule has 2 N–H and O–H groups in total. The Balaban J connectivity index is 2.95. The lowest BCUT2D eigenvalue weighted by Crippen LogP contribution is -2.49. The van der Waals surface area contributed by atoms with Crippen LogP contribution in [-0.4, -0.2) is 38.4 Å². The smallest absolute Gasteiger partial charge is 0.244 e. The van der Waals surface area contributed by atoms with Gasteiger partial charge in [-0.05, 0) is 43.9 Å². The molecule has 0 fully saturated rings. The number of halogens is 1. The highest BCUT2D eigenvalue weighted by Crippen LogP contribution is 2.15. The molecule has 1 aromatic carbocycles. The Labute approximate surface area is 141 Å². The van der Waals surface area contributed by atoms with Crippen LogP contribution in [0, 0.1) is 5.82 Å². The van der Waals surface area contributed by atoms with Gasteiger partial charge in [0.25, 0.3) is 0 Å². The molecule has 23 heavy (non-hydrogen) atoms. The second-order valence-corrected chi connectivity index (χ2v) is 7.87. The number of hydrogen-bond acceptors (Lipinski definition) is 4. The number of nitrogens with one attached hydrogen (secondary N) is 2. The van der Waals surface area contributed by atoms with Crippen LogP contribution in [-0.2, 0) is 14.8 Å². The Bertz CT molecular complexity index is 623. The number of rotatable bonds is 9. The standard InChI is InChI=1S/C15H23FN2O3S2/c1-4-11(2)17-15(19)13(9-10-22-3)18-23(20,21)14-8-6-5-7-12(14)16/h5-8,11,13,18H,4,9-10H2,1-3H3,(H,17,19)/t11-,13+/m0/s1. The lowest BCUT2D eigenvalue weighted by molar-refractivity contribution is -0.123. The molecule has 0 aliphatic carbocycles. The topological polar surface area (TPSA) is 75.3 Å². The first-order valence-corrected chi connectivity index (χ1v) is 10.3. The van der Waals surface area contributed by atoms with Gasteiger partial charge in [-0.25, -0.2) is 12.8 Å². The van der Waals surface area contributed by atoms with Crippen LogP contribution in [0.25, 0.3) is 0 Å². The lowest BCUT2D eigenvalue weighted by Gasteiger charge is -2.20. The van der Waals surface area contributed by atoms with Crippen molar-refractivity contribution < 1.29 is 17.6 Å². The van der Waals surface area contributed by atoms with Crippen molar-refractivity contribution in [3.63, 3.8) is 0 Å². The monoisotopic (exact) mass is 362 g/mol. The maximum atomic E-state index is 13.7. The Hall–Kier alpha value is -1.12. The molecule has 8 heteroatoms. The van der Waals surface area contributed by atoms with Gasteiger partial charge >= 0.3 is 0 Å². The lowest BCUT2D eigenvalue weighted by atomic mass is 10.2. The molecule has 0 bridgehead atoms. The molecule has 0 saturated carbocycles. The first-order chi connectivity index (χ1) is 10.8. The van der Waals surface area contributed by atoms with Gasteiger partial charge in [-0.3, -0.25) is 4.79 Å². The summed E-state index contributed by atoms with van der Waals surface area (Å²) in [7, 11) is -4.10. The molecule has 0 unspecified atom stereocenters. The summed E-state index contributed by atoms with van der Waals surface area (Å²) in [4.78, 5) is 11.8. The molecule has 0 heterocycles. The molecule has 1 rings (SSSR count). The number of thioether (sulfide) groups is 1. The quantitative estimate of drug-likeness (QED) is 0.706. The van der Waals surface area contributed by atoms with E-state index in [4.69, 9.17) is 0 Å². The van der Waals surface area contributed by atoms with E-state index in [-0.39, 0.29) is 6.04 Å². The average molecular weight is 362 g/mol. The van der Waals surface area contributed by atoms with E-state index in [1.807, 2.05) is 20.1 Å². The number of carbonyl (C=O) groups excluding carboxylic acids is 1. The third kappa shape index (κ3) is 6.12. The van der Waals surface area contributed by atoms with Crippen molar-refractivity contribution in [2.75, 3.05) is 12.0 Å². The minimum Gasteiger partial charge on any atom is -0.352 e. The Morgan fingerprint density at radius 3 is 2.57 bits per heavy atom. The van der Waals surface area contributed by atoms with Crippen LogP contribution in [0.5, 0.6) is 0 Å². The van der Waals surface area contributed by atoms with Crippen LogP contribution >= 0.6 is 11.8 Å². The first kappa shape index (κ1) is 19.9. The summed E-state index contributed by atoms with van der Waals surface area (Å²) in [6.45, 7) is 3.76. The van der Waals surface area contributed by atoms with E-state index < -0.39 is 32.7 Å². The summed E-state index contributed by atoms with van der Waals surface area (Å²) in [5, 5.41) is 2.76. The summed E-state index contributed by atoms with van der Waals surface area (Å²) in [5.41, 5.74) is 0. The number of sulfonamides is 1. The van der Waals surface area contributed by atoms with Crippen molar-refractivity contribution in [3.05, 3.63) is 30.1 Å². The van der Waals surface area contributed by atoms with Gasteiger partial charge in [0.1, 0.15) is 16.8 Å². The van der Waals surface area contributed by atoms with Crippen LogP contribution in [0.4, 0.5) is 4.39 Å². The van der Waals surface area contributed by atoms with Crippen molar-refractivity contribution in [3.8, 4) is 0 Å². The van der Waals surface area contributed by atoms with Crippen LogP contribution in [0.3, 0.4) is 0 Å². The molecular formula is C15H23FN2O3S2. The van der Waals surface area contributed by atoms with Gasteiger partial charge in [-0.2, -0.15) is 16.5 Å². The average Bonchev–Trinajstić information content (AvgIpc) is 2.51. The van der Waals surface area contributed by atoms with Gasteiger partial charge < -0.3 is 5.32 Å². The van der Waals surface area contributed by atoms with Crippen LogP contribution in [0.2, 0.25) is 0 Å². The molecule has 0 saturated heterocycles. The normalized spacial score (nSPS) is 14.3. The van der Waals surface area contributed by atoms with Gasteiger partial charge in [0.2, 0.25) is 15.9 Å². The van der Waals surface area contributed by atoms with E-state index in [0.29, 0.717) is 12.2 Å². The van der Waals surface area contributed by atoms with Crippen molar-refractivity contribution in [2.24, 2.45) is 0 Å². The first-order valence-electron chi connectivity index (χ1n) is 7.38. The molecule has 5 nitrogen and oxygen atoms in total. The predicted molar refractivity (Wildman–Crippen MR) is 91.4 cm³/mol. The molecule has 0 aliphatic heterocycles. The molecule has 2 atom stereocenters. The summed E-state index contributed by atoms with van der Waals surface area (Å²) < 4.78 is 40.7. The SMILES string of the molecule is CC[C@H](C)NC(=O)[C@@H](CCSC)NS(=O)(=O)c1ccccc1F. The van der Waals surface area contributed by atoms with Gasteiger partial charge in [0.05, 0.1) is 0 Å². The van der Waals surface area contributed by atoms with E-state index in [0.717, 1.165) is 12.5 Å². The van der Waals surface area contributed by atoms with Crippen molar-refractivity contribution >= 4 is 27.7 Å². The van der Waals surface area contributed by atoms with Crippen molar-refractivity contribution in [1.29, 1.82) is 0 Å². The summed E-state index contributed by atoms with van der Waals surface area (Å²) in [6, 6.07) is 4.11. The van der Waals surface area contributed by atoms with Crippen LogP contribution in [0.15, 0.2) is 29.2 Å². The maximum Gasteiger partial charge on any atom is 0.244 e. The molecule has 0 aromatic heterocycles.